The lowest BCUT2D eigenvalue weighted by atomic mass is 10.2. The quantitative estimate of drug-likeness (QED) is 0.840. The van der Waals surface area contributed by atoms with Gasteiger partial charge in [-0.15, -0.1) is 0 Å². The molecule has 2 N–H and O–H groups in total. The number of aromatic nitrogens is 2. The summed E-state index contributed by atoms with van der Waals surface area (Å²) >= 11 is 5.83. The van der Waals surface area contributed by atoms with Crippen molar-refractivity contribution in [3.63, 3.8) is 0 Å². The predicted molar refractivity (Wildman–Crippen MR) is 88.6 cm³/mol. The van der Waals surface area contributed by atoms with E-state index in [0.29, 0.717) is 37.1 Å². The number of rotatable bonds is 3. The highest BCUT2D eigenvalue weighted by molar-refractivity contribution is 6.29. The van der Waals surface area contributed by atoms with Crippen LogP contribution in [0.4, 0.5) is 22.0 Å². The first-order valence-electron chi connectivity index (χ1n) is 7.19. The Balaban J connectivity index is 1.62. The summed E-state index contributed by atoms with van der Waals surface area (Å²) in [6.07, 6.45) is 0.550. The molecule has 0 bridgehead atoms. The molecule has 0 saturated carbocycles. The maximum absolute atomic E-state index is 10.9. The fourth-order valence-corrected chi connectivity index (χ4v) is 2.61. The van der Waals surface area contributed by atoms with E-state index in [1.165, 1.54) is 11.2 Å². The predicted octanol–water partition coefficient (Wildman–Crippen LogP) is 2.67. The maximum atomic E-state index is 10.9. The number of carboxylic acid groups (broad SMARTS) is 1. The third-order valence-corrected chi connectivity index (χ3v) is 3.90. The molecular formula is C15H16ClN5O2. The standard InChI is InChI=1S/C15H16ClN5O2/c16-13-9-14(18-10-17-13)19-11-1-3-12(4-2-11)20-5-7-21(8-6-20)15(22)23/h1-4,9-10H,5-8H2,(H,22,23)(H,17,18,19). The molecule has 1 saturated heterocycles. The van der Waals surface area contributed by atoms with E-state index < -0.39 is 6.09 Å². The summed E-state index contributed by atoms with van der Waals surface area (Å²) in [5, 5.41) is 12.5. The van der Waals surface area contributed by atoms with Gasteiger partial charge in [0.05, 0.1) is 0 Å². The lowest BCUT2D eigenvalue weighted by molar-refractivity contribution is 0.142. The number of benzene rings is 1. The number of halogens is 1. The second-order valence-corrected chi connectivity index (χ2v) is 5.54. The van der Waals surface area contributed by atoms with Crippen molar-refractivity contribution in [3.8, 4) is 0 Å². The van der Waals surface area contributed by atoms with Gasteiger partial charge in [-0.05, 0) is 24.3 Å². The molecule has 7 nitrogen and oxygen atoms in total. The van der Waals surface area contributed by atoms with E-state index in [-0.39, 0.29) is 0 Å². The van der Waals surface area contributed by atoms with Crippen LogP contribution in [0.2, 0.25) is 5.15 Å². The van der Waals surface area contributed by atoms with Crippen LogP contribution in [0.5, 0.6) is 0 Å². The number of hydrogen-bond donors (Lipinski definition) is 2. The van der Waals surface area contributed by atoms with E-state index in [4.69, 9.17) is 16.7 Å². The fourth-order valence-electron chi connectivity index (χ4n) is 2.46. The van der Waals surface area contributed by atoms with E-state index >= 15 is 0 Å². The zero-order valence-electron chi connectivity index (χ0n) is 12.3. The highest BCUT2D eigenvalue weighted by Crippen LogP contribution is 2.22. The molecule has 0 unspecified atom stereocenters. The molecule has 1 aliphatic heterocycles. The minimum absolute atomic E-state index is 0.385. The number of nitrogens with zero attached hydrogens (tertiary/aromatic N) is 4. The van der Waals surface area contributed by atoms with Crippen molar-refractivity contribution in [2.45, 2.75) is 0 Å². The molecular weight excluding hydrogens is 318 g/mol. The molecule has 1 aromatic carbocycles. The van der Waals surface area contributed by atoms with E-state index in [9.17, 15) is 4.79 Å². The van der Waals surface area contributed by atoms with Crippen LogP contribution >= 0.6 is 11.6 Å². The largest absolute Gasteiger partial charge is 0.465 e. The minimum Gasteiger partial charge on any atom is -0.465 e. The van der Waals surface area contributed by atoms with Crippen LogP contribution in [0.15, 0.2) is 36.7 Å². The molecule has 0 spiro atoms. The number of nitrogens with one attached hydrogen (secondary N) is 1. The highest BCUT2D eigenvalue weighted by Gasteiger charge is 2.20. The van der Waals surface area contributed by atoms with Gasteiger partial charge in [-0.25, -0.2) is 14.8 Å². The van der Waals surface area contributed by atoms with Crippen molar-refractivity contribution in [3.05, 3.63) is 41.8 Å². The van der Waals surface area contributed by atoms with E-state index in [1.54, 1.807) is 6.07 Å². The number of anilines is 3. The van der Waals surface area contributed by atoms with Crippen LogP contribution in [0.25, 0.3) is 0 Å². The number of piperazine rings is 1. The Morgan fingerprint density at radius 1 is 1.13 bits per heavy atom. The van der Waals surface area contributed by atoms with Crippen molar-refractivity contribution in [1.82, 2.24) is 14.9 Å². The van der Waals surface area contributed by atoms with Crippen molar-refractivity contribution in [1.29, 1.82) is 0 Å². The van der Waals surface area contributed by atoms with E-state index in [1.807, 2.05) is 24.3 Å². The van der Waals surface area contributed by atoms with Gasteiger partial charge in [0, 0.05) is 43.6 Å². The third kappa shape index (κ3) is 3.81. The van der Waals surface area contributed by atoms with Gasteiger partial charge in [0.2, 0.25) is 0 Å². The summed E-state index contributed by atoms with van der Waals surface area (Å²) in [6.45, 7) is 2.44. The second-order valence-electron chi connectivity index (χ2n) is 5.15. The van der Waals surface area contributed by atoms with Crippen LogP contribution in [0.1, 0.15) is 0 Å². The molecule has 0 aliphatic carbocycles. The molecule has 2 aromatic rings. The summed E-state index contributed by atoms with van der Waals surface area (Å²) in [6, 6.07) is 9.56. The molecule has 1 aromatic heterocycles. The Morgan fingerprint density at radius 2 is 1.83 bits per heavy atom. The van der Waals surface area contributed by atoms with Crippen LogP contribution in [0, 0.1) is 0 Å². The van der Waals surface area contributed by atoms with Crippen molar-refractivity contribution >= 4 is 34.9 Å². The molecule has 1 amide bonds. The highest BCUT2D eigenvalue weighted by atomic mass is 35.5. The van der Waals surface area contributed by atoms with Gasteiger partial charge in [0.1, 0.15) is 17.3 Å². The molecule has 1 aliphatic rings. The molecule has 120 valence electrons. The van der Waals surface area contributed by atoms with Crippen LogP contribution in [-0.4, -0.2) is 52.2 Å². The van der Waals surface area contributed by atoms with Gasteiger partial charge in [-0.3, -0.25) is 0 Å². The Labute approximate surface area is 138 Å². The van der Waals surface area contributed by atoms with Crippen molar-refractivity contribution in [2.24, 2.45) is 0 Å². The average molecular weight is 334 g/mol. The van der Waals surface area contributed by atoms with Crippen LogP contribution < -0.4 is 10.2 Å². The fraction of sp³-hybridized carbons (Fsp3) is 0.267. The lowest BCUT2D eigenvalue weighted by Gasteiger charge is -2.34. The van der Waals surface area contributed by atoms with Crippen LogP contribution in [-0.2, 0) is 0 Å². The zero-order valence-corrected chi connectivity index (χ0v) is 13.1. The normalized spacial score (nSPS) is 14.7. The van der Waals surface area contributed by atoms with Gasteiger partial charge in [-0.1, -0.05) is 11.6 Å². The molecule has 1 fully saturated rings. The summed E-state index contributed by atoms with van der Waals surface area (Å²) < 4.78 is 0. The molecule has 23 heavy (non-hydrogen) atoms. The molecule has 3 rings (SSSR count). The first-order valence-corrected chi connectivity index (χ1v) is 7.57. The third-order valence-electron chi connectivity index (χ3n) is 3.69. The number of carbonyl (C=O) groups is 1. The number of hydrogen-bond acceptors (Lipinski definition) is 5. The molecule has 0 atom stereocenters. The van der Waals surface area contributed by atoms with Gasteiger partial charge in [0.25, 0.3) is 0 Å². The monoisotopic (exact) mass is 333 g/mol. The summed E-state index contributed by atoms with van der Waals surface area (Å²) in [5.41, 5.74) is 1.97. The Kier molecular flexibility index (Phi) is 4.47. The molecule has 8 heteroatoms. The van der Waals surface area contributed by atoms with Gasteiger partial charge >= 0.3 is 6.09 Å². The van der Waals surface area contributed by atoms with Crippen molar-refractivity contribution in [2.75, 3.05) is 36.4 Å². The van der Waals surface area contributed by atoms with Gasteiger partial charge in [-0.2, -0.15) is 0 Å². The average Bonchev–Trinajstić information content (AvgIpc) is 2.56. The number of amides is 1. The smallest absolute Gasteiger partial charge is 0.407 e. The van der Waals surface area contributed by atoms with Gasteiger partial charge < -0.3 is 20.2 Å². The van der Waals surface area contributed by atoms with E-state index in [2.05, 4.69) is 20.2 Å². The zero-order chi connectivity index (χ0) is 16.2. The second kappa shape index (κ2) is 6.70. The minimum atomic E-state index is -0.854. The van der Waals surface area contributed by atoms with Crippen LogP contribution in [0.3, 0.4) is 0 Å². The van der Waals surface area contributed by atoms with Gasteiger partial charge in [0.15, 0.2) is 0 Å². The van der Waals surface area contributed by atoms with Crippen molar-refractivity contribution < 1.29 is 9.90 Å². The Morgan fingerprint density at radius 3 is 2.43 bits per heavy atom. The summed E-state index contributed by atoms with van der Waals surface area (Å²) in [7, 11) is 0. The molecule has 0 radical (unpaired) electrons. The Bertz CT molecular complexity index is 687. The summed E-state index contributed by atoms with van der Waals surface area (Å²) in [5.74, 6) is 0.632. The van der Waals surface area contributed by atoms with E-state index in [0.717, 1.165) is 11.4 Å². The molecule has 2 heterocycles. The maximum Gasteiger partial charge on any atom is 0.407 e. The SMILES string of the molecule is O=C(O)N1CCN(c2ccc(Nc3cc(Cl)ncn3)cc2)CC1. The topological polar surface area (TPSA) is 81.6 Å². The Hall–Kier alpha value is -2.54. The first kappa shape index (κ1) is 15.4. The lowest BCUT2D eigenvalue weighted by Crippen LogP contribution is -2.48. The summed E-state index contributed by atoms with van der Waals surface area (Å²) in [4.78, 5) is 22.5. The first-order chi connectivity index (χ1) is 11.1.